The molecule has 0 saturated carbocycles. The van der Waals surface area contributed by atoms with Gasteiger partial charge >= 0.3 is 0 Å². The number of para-hydroxylation sites is 1. The maximum atomic E-state index is 4.12. The van der Waals surface area contributed by atoms with Gasteiger partial charge in [0.05, 0.1) is 0 Å². The Kier molecular flexibility index (Phi) is 3.37. The molecule has 0 fully saturated rings. The van der Waals surface area contributed by atoms with Crippen LogP contribution in [0.1, 0.15) is 23.6 Å². The highest BCUT2D eigenvalue weighted by molar-refractivity contribution is 7.07. The average molecular weight is 366 g/mol. The third-order valence-corrected chi connectivity index (χ3v) is 9.85. The molecule has 0 bridgehead atoms. The van der Waals surface area contributed by atoms with Crippen LogP contribution in [-0.2, 0) is 0 Å². The maximum Gasteiger partial charge on any atom is 0.114 e. The summed E-state index contributed by atoms with van der Waals surface area (Å²) in [6.07, 6.45) is 2.01. The molecule has 0 atom stereocenters. The molecule has 2 heteroatoms. The number of hydrogen-bond acceptors (Lipinski definition) is 0. The Bertz CT molecular complexity index is 1270. The zero-order valence-corrected chi connectivity index (χ0v) is 17.1. The second kappa shape index (κ2) is 5.58. The number of hydrogen-bond donors (Lipinski definition) is 1. The number of rotatable bonds is 2. The molecule has 0 aliphatic carbocycles. The fraction of sp³-hybridized carbons (Fsp3) is 0.120. The van der Waals surface area contributed by atoms with Gasteiger partial charge < -0.3 is 4.98 Å². The van der Waals surface area contributed by atoms with E-state index in [1.54, 1.807) is 10.4 Å². The van der Waals surface area contributed by atoms with Crippen molar-refractivity contribution in [2.24, 2.45) is 0 Å². The van der Waals surface area contributed by atoms with Crippen LogP contribution in [0.25, 0.3) is 38.7 Å². The summed E-state index contributed by atoms with van der Waals surface area (Å²) in [6, 6.07) is 22.2. The second-order valence-electron chi connectivity index (χ2n) is 8.03. The van der Waals surface area contributed by atoms with Gasteiger partial charge in [0.15, 0.2) is 0 Å². The minimum absolute atomic E-state index is 1.18. The highest BCUT2D eigenvalue weighted by Gasteiger charge is 2.39. The van der Waals surface area contributed by atoms with Crippen LogP contribution in [0.2, 0.25) is 13.1 Å². The number of aromatic amines is 1. The largest absolute Gasteiger partial charge is 0.354 e. The quantitative estimate of drug-likeness (QED) is 0.398. The van der Waals surface area contributed by atoms with E-state index in [-0.39, 0.29) is 0 Å². The molecule has 1 aliphatic rings. The first-order valence-electron chi connectivity index (χ1n) is 9.51. The van der Waals surface area contributed by atoms with Gasteiger partial charge in [0.2, 0.25) is 0 Å². The smallest absolute Gasteiger partial charge is 0.114 e. The lowest BCUT2D eigenvalue weighted by atomic mass is 9.98. The first-order chi connectivity index (χ1) is 13.0. The minimum atomic E-state index is -1.75. The van der Waals surface area contributed by atoms with Crippen molar-refractivity contribution in [2.45, 2.75) is 20.0 Å². The van der Waals surface area contributed by atoms with Gasteiger partial charge in [-0.15, -0.1) is 0 Å². The molecular weight excluding hydrogens is 342 g/mol. The SMILES string of the molecule is C=Cc1cc2[nH]c3ccccc3c2cc1C1=C(C)c2ccccc2[Si]1(C)C. The molecule has 0 amide bonds. The van der Waals surface area contributed by atoms with Crippen LogP contribution in [-0.4, -0.2) is 13.1 Å². The van der Waals surface area contributed by atoms with E-state index in [2.05, 4.69) is 92.2 Å². The molecule has 0 saturated heterocycles. The van der Waals surface area contributed by atoms with E-state index in [0.29, 0.717) is 0 Å². The standard InChI is InChI=1S/C25H23NSi/c1-5-17-14-23-21(19-11-6-8-12-22(19)26-23)15-20(17)25-16(2)18-10-7-9-13-24(18)27(25,3)4/h5-15,26H,1H2,2-4H3. The summed E-state index contributed by atoms with van der Waals surface area (Å²) < 4.78 is 0. The van der Waals surface area contributed by atoms with Gasteiger partial charge in [0, 0.05) is 21.8 Å². The lowest BCUT2D eigenvalue weighted by Crippen LogP contribution is -2.40. The van der Waals surface area contributed by atoms with Crippen molar-refractivity contribution in [2.75, 3.05) is 0 Å². The van der Waals surface area contributed by atoms with Gasteiger partial charge in [0.1, 0.15) is 8.07 Å². The molecular formula is C25H23NSi. The van der Waals surface area contributed by atoms with E-state index < -0.39 is 8.07 Å². The van der Waals surface area contributed by atoms with E-state index in [0.717, 1.165) is 0 Å². The van der Waals surface area contributed by atoms with Crippen LogP contribution in [0.4, 0.5) is 0 Å². The predicted octanol–water partition coefficient (Wildman–Crippen LogP) is 6.36. The van der Waals surface area contributed by atoms with Gasteiger partial charge in [-0.05, 0) is 57.8 Å². The van der Waals surface area contributed by atoms with Crippen molar-refractivity contribution in [1.82, 2.24) is 4.98 Å². The van der Waals surface area contributed by atoms with Crippen molar-refractivity contribution in [3.05, 3.63) is 83.9 Å². The summed E-state index contributed by atoms with van der Waals surface area (Å²) in [4.78, 5) is 3.57. The van der Waals surface area contributed by atoms with Gasteiger partial charge in [-0.25, -0.2) is 0 Å². The lowest BCUT2D eigenvalue weighted by Gasteiger charge is -2.24. The Morgan fingerprint density at radius 3 is 2.37 bits per heavy atom. The predicted molar refractivity (Wildman–Crippen MR) is 122 cm³/mol. The topological polar surface area (TPSA) is 15.8 Å². The third-order valence-electron chi connectivity index (χ3n) is 6.17. The Labute approximate surface area is 161 Å². The molecule has 0 unspecified atom stereocenters. The van der Waals surface area contributed by atoms with E-state index in [9.17, 15) is 0 Å². The summed E-state index contributed by atoms with van der Waals surface area (Å²) in [5, 5.41) is 5.68. The van der Waals surface area contributed by atoms with Gasteiger partial charge in [0.25, 0.3) is 0 Å². The lowest BCUT2D eigenvalue weighted by molar-refractivity contribution is 1.53. The normalized spacial score (nSPS) is 15.5. The molecule has 2 heterocycles. The molecule has 27 heavy (non-hydrogen) atoms. The summed E-state index contributed by atoms with van der Waals surface area (Å²) in [7, 11) is -1.75. The van der Waals surface area contributed by atoms with Crippen LogP contribution >= 0.6 is 0 Å². The summed E-state index contributed by atoms with van der Waals surface area (Å²) in [5.41, 5.74) is 7.81. The van der Waals surface area contributed by atoms with Gasteiger partial charge in [-0.2, -0.15) is 0 Å². The first-order valence-corrected chi connectivity index (χ1v) is 12.5. The Morgan fingerprint density at radius 1 is 0.852 bits per heavy atom. The highest BCUT2D eigenvalue weighted by atomic mass is 28.3. The highest BCUT2D eigenvalue weighted by Crippen LogP contribution is 2.42. The minimum Gasteiger partial charge on any atom is -0.354 e. The van der Waals surface area contributed by atoms with Crippen LogP contribution in [0.15, 0.2) is 67.2 Å². The second-order valence-corrected chi connectivity index (χ2v) is 12.3. The molecule has 1 aromatic heterocycles. The summed E-state index contributed by atoms with van der Waals surface area (Å²) in [6.45, 7) is 11.4. The third kappa shape index (κ3) is 2.17. The van der Waals surface area contributed by atoms with Crippen LogP contribution in [0.5, 0.6) is 0 Å². The summed E-state index contributed by atoms with van der Waals surface area (Å²) >= 11 is 0. The molecule has 5 rings (SSSR count). The van der Waals surface area contributed by atoms with E-state index in [1.807, 2.05) is 6.08 Å². The van der Waals surface area contributed by atoms with Crippen molar-refractivity contribution >= 4 is 51.9 Å². The number of fused-ring (bicyclic) bond motifs is 4. The fourth-order valence-corrected chi connectivity index (χ4v) is 8.62. The molecule has 132 valence electrons. The Morgan fingerprint density at radius 2 is 1.59 bits per heavy atom. The van der Waals surface area contributed by atoms with Crippen molar-refractivity contribution in [1.29, 1.82) is 0 Å². The average Bonchev–Trinajstić information content (AvgIpc) is 3.13. The molecule has 1 aliphatic heterocycles. The van der Waals surface area contributed by atoms with E-state index in [4.69, 9.17) is 0 Å². The van der Waals surface area contributed by atoms with E-state index >= 15 is 0 Å². The molecule has 3 aromatic carbocycles. The van der Waals surface area contributed by atoms with Crippen molar-refractivity contribution in [3.8, 4) is 0 Å². The van der Waals surface area contributed by atoms with Crippen LogP contribution in [0.3, 0.4) is 0 Å². The van der Waals surface area contributed by atoms with Crippen molar-refractivity contribution in [3.63, 3.8) is 0 Å². The monoisotopic (exact) mass is 365 g/mol. The molecule has 0 spiro atoms. The molecule has 0 radical (unpaired) electrons. The zero-order valence-electron chi connectivity index (χ0n) is 16.1. The number of nitrogens with one attached hydrogen (secondary N) is 1. The van der Waals surface area contributed by atoms with Crippen LogP contribution in [0, 0.1) is 0 Å². The van der Waals surface area contributed by atoms with Crippen molar-refractivity contribution < 1.29 is 0 Å². The number of allylic oxidation sites excluding steroid dienone is 1. The Balaban J connectivity index is 1.86. The van der Waals surface area contributed by atoms with E-state index in [1.165, 1.54) is 44.1 Å². The number of aromatic nitrogens is 1. The Hall–Kier alpha value is -2.84. The molecule has 1 N–H and O–H groups in total. The van der Waals surface area contributed by atoms with Gasteiger partial charge in [-0.1, -0.05) is 68.2 Å². The number of H-pyrrole nitrogens is 1. The molecule has 4 aromatic rings. The zero-order chi connectivity index (χ0) is 18.8. The van der Waals surface area contributed by atoms with Gasteiger partial charge in [-0.3, -0.25) is 0 Å². The van der Waals surface area contributed by atoms with Crippen LogP contribution < -0.4 is 5.19 Å². The number of benzene rings is 3. The molecule has 1 nitrogen and oxygen atoms in total. The maximum absolute atomic E-state index is 4.12. The summed E-state index contributed by atoms with van der Waals surface area (Å²) in [5.74, 6) is 0. The first kappa shape index (κ1) is 16.3. The fourth-order valence-electron chi connectivity index (χ4n) is 4.93.